The number of aromatic amines is 1. The molecule has 0 fully saturated rings. The van der Waals surface area contributed by atoms with Crippen LogP contribution in [0.4, 0.5) is 10.3 Å². The molecule has 0 radical (unpaired) electrons. The molecule has 2 heterocycles. The molecule has 0 saturated heterocycles. The molecule has 8 nitrogen and oxygen atoms in total. The molecule has 0 aliphatic rings. The van der Waals surface area contributed by atoms with E-state index in [0.29, 0.717) is 18.9 Å². The molecule has 0 unspecified atom stereocenters. The number of aromatic nitrogens is 3. The second-order valence-electron chi connectivity index (χ2n) is 8.18. The van der Waals surface area contributed by atoms with E-state index in [0.717, 1.165) is 39.2 Å². The van der Waals surface area contributed by atoms with Crippen molar-refractivity contribution >= 4 is 34.8 Å². The molecule has 0 atom stereocenters. The average molecular weight is 487 g/mol. The Kier molecular flexibility index (Phi) is 7.69. The van der Waals surface area contributed by atoms with E-state index in [1.165, 1.54) is 18.2 Å². The van der Waals surface area contributed by atoms with Crippen LogP contribution in [0.2, 0.25) is 0 Å². The maximum atomic E-state index is 13.7. The second kappa shape index (κ2) is 11.3. The SMILES string of the molecule is COc1ccc(/C=C/C(=O)NC(=NCCc2c[nH]c3ccc(F)cc23)Nc2nc(C)cc(C)n2)cc1. The first-order valence-electron chi connectivity index (χ1n) is 11.4. The van der Waals surface area contributed by atoms with Crippen LogP contribution >= 0.6 is 0 Å². The summed E-state index contributed by atoms with van der Waals surface area (Å²) in [4.78, 5) is 29.1. The molecule has 2 aromatic heterocycles. The van der Waals surface area contributed by atoms with Gasteiger partial charge in [0, 0.05) is 41.1 Å². The molecule has 0 aliphatic carbocycles. The van der Waals surface area contributed by atoms with Crippen LogP contribution in [0.25, 0.3) is 17.0 Å². The Bertz CT molecular complexity index is 1410. The van der Waals surface area contributed by atoms with E-state index in [9.17, 15) is 9.18 Å². The van der Waals surface area contributed by atoms with Crippen molar-refractivity contribution in [2.75, 3.05) is 19.0 Å². The van der Waals surface area contributed by atoms with Gasteiger partial charge in [-0.15, -0.1) is 0 Å². The molecule has 0 spiro atoms. The summed E-state index contributed by atoms with van der Waals surface area (Å²) in [7, 11) is 1.60. The van der Waals surface area contributed by atoms with Gasteiger partial charge in [0.2, 0.25) is 11.9 Å². The highest BCUT2D eigenvalue weighted by molar-refractivity contribution is 6.08. The Morgan fingerprint density at radius 1 is 1.11 bits per heavy atom. The molecule has 184 valence electrons. The molecular formula is C27H27FN6O2. The number of fused-ring (bicyclic) bond motifs is 1. The van der Waals surface area contributed by atoms with E-state index in [4.69, 9.17) is 4.74 Å². The van der Waals surface area contributed by atoms with Gasteiger partial charge in [-0.1, -0.05) is 12.1 Å². The molecule has 9 heteroatoms. The van der Waals surface area contributed by atoms with Gasteiger partial charge in [-0.2, -0.15) is 0 Å². The van der Waals surface area contributed by atoms with Gasteiger partial charge in [-0.25, -0.2) is 14.4 Å². The van der Waals surface area contributed by atoms with Crippen LogP contribution in [0.1, 0.15) is 22.5 Å². The number of nitrogens with one attached hydrogen (secondary N) is 3. The molecule has 1 amide bonds. The van der Waals surface area contributed by atoms with Crippen molar-refractivity contribution < 1.29 is 13.9 Å². The third-order valence-electron chi connectivity index (χ3n) is 5.38. The number of guanidine groups is 1. The van der Waals surface area contributed by atoms with E-state index < -0.39 is 0 Å². The van der Waals surface area contributed by atoms with Crippen LogP contribution < -0.4 is 15.4 Å². The molecule has 4 aromatic rings. The summed E-state index contributed by atoms with van der Waals surface area (Å²) in [5.41, 5.74) is 4.21. The Balaban J connectivity index is 1.49. The molecule has 3 N–H and O–H groups in total. The Labute approximate surface area is 208 Å². The molecule has 4 rings (SSSR count). The fourth-order valence-electron chi connectivity index (χ4n) is 3.69. The summed E-state index contributed by atoms with van der Waals surface area (Å²) in [6, 6.07) is 13.8. The van der Waals surface area contributed by atoms with Crippen molar-refractivity contribution in [2.24, 2.45) is 4.99 Å². The lowest BCUT2D eigenvalue weighted by molar-refractivity contribution is -0.115. The fraction of sp³-hybridized carbons (Fsp3) is 0.185. The minimum Gasteiger partial charge on any atom is -0.497 e. The minimum absolute atomic E-state index is 0.218. The predicted molar refractivity (Wildman–Crippen MR) is 140 cm³/mol. The zero-order valence-electron chi connectivity index (χ0n) is 20.3. The molecular weight excluding hydrogens is 459 g/mol. The van der Waals surface area contributed by atoms with Crippen LogP contribution in [0.5, 0.6) is 5.75 Å². The quantitative estimate of drug-likeness (QED) is 0.202. The minimum atomic E-state index is -0.365. The number of benzene rings is 2. The van der Waals surface area contributed by atoms with Crippen molar-refractivity contribution in [3.05, 3.63) is 89.1 Å². The zero-order chi connectivity index (χ0) is 25.5. The molecule has 0 bridgehead atoms. The highest BCUT2D eigenvalue weighted by Gasteiger charge is 2.09. The van der Waals surface area contributed by atoms with Crippen molar-refractivity contribution in [3.8, 4) is 5.75 Å². The smallest absolute Gasteiger partial charge is 0.250 e. The summed E-state index contributed by atoms with van der Waals surface area (Å²) in [6.45, 7) is 4.07. The van der Waals surface area contributed by atoms with Crippen LogP contribution in [-0.4, -0.2) is 40.5 Å². The first-order valence-corrected chi connectivity index (χ1v) is 11.4. The van der Waals surface area contributed by atoms with Gasteiger partial charge in [0.1, 0.15) is 11.6 Å². The maximum Gasteiger partial charge on any atom is 0.250 e. The summed E-state index contributed by atoms with van der Waals surface area (Å²) in [6.07, 6.45) is 5.50. The van der Waals surface area contributed by atoms with Crippen LogP contribution in [0.15, 0.2) is 65.8 Å². The number of nitrogens with zero attached hydrogens (tertiary/aromatic N) is 3. The van der Waals surface area contributed by atoms with E-state index in [1.807, 2.05) is 50.4 Å². The molecule has 2 aromatic carbocycles. The van der Waals surface area contributed by atoms with Crippen LogP contribution in [0.3, 0.4) is 0 Å². The number of rotatable bonds is 7. The highest BCUT2D eigenvalue weighted by Crippen LogP contribution is 2.20. The zero-order valence-corrected chi connectivity index (χ0v) is 20.3. The summed E-state index contributed by atoms with van der Waals surface area (Å²) < 4.78 is 18.9. The lowest BCUT2D eigenvalue weighted by Crippen LogP contribution is -2.35. The number of aryl methyl sites for hydroxylation is 2. The van der Waals surface area contributed by atoms with Crippen LogP contribution in [-0.2, 0) is 11.2 Å². The first-order chi connectivity index (χ1) is 17.4. The lowest BCUT2D eigenvalue weighted by Gasteiger charge is -2.10. The van der Waals surface area contributed by atoms with Crippen molar-refractivity contribution in [1.82, 2.24) is 20.3 Å². The Hall–Kier alpha value is -4.53. The fourth-order valence-corrected chi connectivity index (χ4v) is 3.69. The third-order valence-corrected chi connectivity index (χ3v) is 5.38. The normalized spacial score (nSPS) is 11.7. The largest absolute Gasteiger partial charge is 0.497 e. The molecule has 36 heavy (non-hydrogen) atoms. The number of hydrogen-bond donors (Lipinski definition) is 3. The summed E-state index contributed by atoms with van der Waals surface area (Å²) in [5.74, 6) is 0.629. The highest BCUT2D eigenvalue weighted by atomic mass is 19.1. The predicted octanol–water partition coefficient (Wildman–Crippen LogP) is 4.56. The Morgan fingerprint density at radius 2 is 1.86 bits per heavy atom. The van der Waals surface area contributed by atoms with Gasteiger partial charge >= 0.3 is 0 Å². The van der Waals surface area contributed by atoms with Gasteiger partial charge in [0.15, 0.2) is 0 Å². The number of aliphatic imine (C=N–C) groups is 1. The van der Waals surface area contributed by atoms with E-state index >= 15 is 0 Å². The maximum absolute atomic E-state index is 13.7. The van der Waals surface area contributed by atoms with Gasteiger partial charge in [-0.3, -0.25) is 20.4 Å². The van der Waals surface area contributed by atoms with Gasteiger partial charge in [0.25, 0.3) is 5.91 Å². The molecule has 0 aliphatic heterocycles. The monoisotopic (exact) mass is 486 g/mol. The van der Waals surface area contributed by atoms with Crippen LogP contribution in [0, 0.1) is 19.7 Å². The number of amides is 1. The Morgan fingerprint density at radius 3 is 2.58 bits per heavy atom. The third kappa shape index (κ3) is 6.53. The number of H-pyrrole nitrogens is 1. The molecule has 0 saturated carbocycles. The average Bonchev–Trinajstić information content (AvgIpc) is 3.24. The number of anilines is 1. The number of carbonyl (C=O) groups is 1. The standard InChI is InChI=1S/C27H27FN6O2/c1-17-14-18(2)32-27(31-17)34-26(33-25(35)11-6-19-4-8-22(36-3)9-5-19)29-13-12-20-16-30-24-10-7-21(28)15-23(20)24/h4-11,14-16,30H,12-13H2,1-3H3,(H2,29,31,32,33,34,35)/b11-6+. The lowest BCUT2D eigenvalue weighted by atomic mass is 10.1. The number of hydrogen-bond acceptors (Lipinski definition) is 5. The number of methoxy groups -OCH3 is 1. The van der Waals surface area contributed by atoms with Gasteiger partial charge in [-0.05, 0) is 73.9 Å². The summed E-state index contributed by atoms with van der Waals surface area (Å²) >= 11 is 0. The van der Waals surface area contributed by atoms with E-state index in [-0.39, 0.29) is 17.7 Å². The number of carbonyl (C=O) groups excluding carboxylic acids is 1. The van der Waals surface area contributed by atoms with Gasteiger partial charge < -0.3 is 9.72 Å². The van der Waals surface area contributed by atoms with Crippen molar-refractivity contribution in [1.29, 1.82) is 0 Å². The van der Waals surface area contributed by atoms with Crippen molar-refractivity contribution in [2.45, 2.75) is 20.3 Å². The topological polar surface area (TPSA) is 104 Å². The number of halogens is 1. The van der Waals surface area contributed by atoms with E-state index in [2.05, 4.69) is 30.6 Å². The van der Waals surface area contributed by atoms with Crippen molar-refractivity contribution in [3.63, 3.8) is 0 Å². The summed E-state index contributed by atoms with van der Waals surface area (Å²) in [5, 5.41) is 6.58. The number of ether oxygens (including phenoxy) is 1. The van der Waals surface area contributed by atoms with Gasteiger partial charge in [0.05, 0.1) is 7.11 Å². The van der Waals surface area contributed by atoms with E-state index in [1.54, 1.807) is 19.3 Å². The second-order valence-corrected chi connectivity index (χ2v) is 8.18. The first kappa shape index (κ1) is 24.6.